The smallest absolute Gasteiger partial charge is 0.452 e. The summed E-state index contributed by atoms with van der Waals surface area (Å²) in [7, 11) is -3.34. The third kappa shape index (κ3) is 6.13. The summed E-state index contributed by atoms with van der Waals surface area (Å²) in [4.78, 5) is 24.0. The molecule has 0 unspecified atom stereocenters. The Kier molecular flexibility index (Phi) is 6.92. The maximum absolute atomic E-state index is 12.4. The number of halogens is 3. The lowest BCUT2D eigenvalue weighted by Crippen LogP contribution is -2.29. The molecule has 0 spiro atoms. The zero-order valence-corrected chi connectivity index (χ0v) is 17.4. The van der Waals surface area contributed by atoms with Crippen molar-refractivity contribution < 1.29 is 40.7 Å². The minimum absolute atomic E-state index is 0.0682. The SMILES string of the molecule is O=C(COC(=O)c1ccc(N2CCCS2(=O)=O)cc1)NCc1ccccc1OC(F)(F)F. The number of carbonyl (C=O) groups excluding carboxylic acids is 2. The number of hydrogen-bond donors (Lipinski definition) is 1. The summed E-state index contributed by atoms with van der Waals surface area (Å²) in [6.07, 6.45) is -4.35. The topological polar surface area (TPSA) is 102 Å². The lowest BCUT2D eigenvalue weighted by atomic mass is 10.2. The van der Waals surface area contributed by atoms with Crippen molar-refractivity contribution >= 4 is 27.6 Å². The molecule has 3 rings (SSSR count). The molecule has 1 saturated heterocycles. The second kappa shape index (κ2) is 9.47. The molecular formula is C20H19F3N2O6S. The van der Waals surface area contributed by atoms with Crippen molar-refractivity contribution in [1.82, 2.24) is 5.32 Å². The van der Waals surface area contributed by atoms with Crippen LogP contribution in [0.1, 0.15) is 22.3 Å². The minimum Gasteiger partial charge on any atom is -0.452 e. The zero-order chi connectivity index (χ0) is 23.4. The predicted octanol–water partition coefficient (Wildman–Crippen LogP) is 2.60. The summed E-state index contributed by atoms with van der Waals surface area (Å²) in [6.45, 7) is -0.547. The van der Waals surface area contributed by atoms with Gasteiger partial charge in [0, 0.05) is 18.7 Å². The van der Waals surface area contributed by atoms with Crippen molar-refractivity contribution in [3.05, 3.63) is 59.7 Å². The summed E-state index contributed by atoms with van der Waals surface area (Å²) in [6, 6.07) is 11.0. The average molecular weight is 472 g/mol. The van der Waals surface area contributed by atoms with Crippen LogP contribution in [-0.4, -0.2) is 45.6 Å². The van der Waals surface area contributed by atoms with E-state index >= 15 is 0 Å². The van der Waals surface area contributed by atoms with Crippen LogP contribution < -0.4 is 14.4 Å². The first-order valence-electron chi connectivity index (χ1n) is 9.43. The molecule has 8 nitrogen and oxygen atoms in total. The average Bonchev–Trinajstić information content (AvgIpc) is 3.09. The van der Waals surface area contributed by atoms with Crippen LogP contribution in [0.2, 0.25) is 0 Å². The van der Waals surface area contributed by atoms with Crippen molar-refractivity contribution in [2.75, 3.05) is 23.2 Å². The van der Waals surface area contributed by atoms with E-state index in [1.807, 2.05) is 0 Å². The molecule has 1 aliphatic heterocycles. The summed E-state index contributed by atoms with van der Waals surface area (Å²) in [5, 5.41) is 2.35. The quantitative estimate of drug-likeness (QED) is 0.622. The number of para-hydroxylation sites is 1. The van der Waals surface area contributed by atoms with Gasteiger partial charge in [0.05, 0.1) is 17.0 Å². The van der Waals surface area contributed by atoms with Gasteiger partial charge in [0.25, 0.3) is 5.91 Å². The highest BCUT2D eigenvalue weighted by molar-refractivity contribution is 7.93. The number of nitrogens with one attached hydrogen (secondary N) is 1. The second-order valence-corrected chi connectivity index (χ2v) is 8.81. The number of nitrogens with zero attached hydrogens (tertiary/aromatic N) is 1. The fraction of sp³-hybridized carbons (Fsp3) is 0.300. The fourth-order valence-corrected chi connectivity index (χ4v) is 4.59. The minimum atomic E-state index is -4.87. The Morgan fingerprint density at radius 2 is 1.75 bits per heavy atom. The van der Waals surface area contributed by atoms with Crippen molar-refractivity contribution in [2.45, 2.75) is 19.3 Å². The lowest BCUT2D eigenvalue weighted by molar-refractivity contribution is -0.274. The van der Waals surface area contributed by atoms with Gasteiger partial charge in [-0.2, -0.15) is 0 Å². The van der Waals surface area contributed by atoms with Crippen LogP contribution in [-0.2, 0) is 26.1 Å². The van der Waals surface area contributed by atoms with Crippen LogP contribution in [0.3, 0.4) is 0 Å². The van der Waals surface area contributed by atoms with E-state index < -0.39 is 40.6 Å². The lowest BCUT2D eigenvalue weighted by Gasteiger charge is -2.16. The van der Waals surface area contributed by atoms with Gasteiger partial charge in [-0.05, 0) is 36.8 Å². The first kappa shape index (κ1) is 23.4. The van der Waals surface area contributed by atoms with Crippen molar-refractivity contribution in [3.8, 4) is 5.75 Å². The molecular weight excluding hydrogens is 453 g/mol. The fourth-order valence-electron chi connectivity index (χ4n) is 3.03. The molecule has 1 N–H and O–H groups in total. The third-order valence-corrected chi connectivity index (χ3v) is 6.37. The number of benzene rings is 2. The highest BCUT2D eigenvalue weighted by Gasteiger charge is 2.32. The van der Waals surface area contributed by atoms with Gasteiger partial charge in [-0.3, -0.25) is 9.10 Å². The monoisotopic (exact) mass is 472 g/mol. The van der Waals surface area contributed by atoms with Crippen molar-refractivity contribution in [1.29, 1.82) is 0 Å². The van der Waals surface area contributed by atoms with Crippen molar-refractivity contribution in [3.63, 3.8) is 0 Å². The van der Waals surface area contributed by atoms with Crippen molar-refractivity contribution in [2.24, 2.45) is 0 Å². The highest BCUT2D eigenvalue weighted by Crippen LogP contribution is 2.26. The molecule has 0 saturated carbocycles. The number of ether oxygens (including phenoxy) is 2. The van der Waals surface area contributed by atoms with E-state index in [0.29, 0.717) is 18.7 Å². The Morgan fingerprint density at radius 3 is 2.38 bits per heavy atom. The number of rotatable bonds is 7. The van der Waals surface area contributed by atoms with Crippen LogP contribution in [0.5, 0.6) is 5.75 Å². The number of alkyl halides is 3. The van der Waals surface area contributed by atoms with Gasteiger partial charge in [0.2, 0.25) is 10.0 Å². The Hall–Kier alpha value is -3.28. The molecule has 1 fully saturated rings. The van der Waals surface area contributed by atoms with Crippen LogP contribution >= 0.6 is 0 Å². The van der Waals surface area contributed by atoms with E-state index in [1.165, 1.54) is 46.8 Å². The molecule has 0 aromatic heterocycles. The molecule has 0 bridgehead atoms. The Bertz CT molecular complexity index is 1090. The van der Waals surface area contributed by atoms with Gasteiger partial charge in [0.15, 0.2) is 6.61 Å². The molecule has 1 aliphatic rings. The molecule has 0 atom stereocenters. The van der Waals surface area contributed by atoms with E-state index in [2.05, 4.69) is 10.1 Å². The van der Waals surface area contributed by atoms with Crippen LogP contribution in [0.4, 0.5) is 18.9 Å². The summed E-state index contributed by atoms with van der Waals surface area (Å²) >= 11 is 0. The molecule has 1 heterocycles. The molecule has 2 aromatic carbocycles. The number of amides is 1. The summed E-state index contributed by atoms with van der Waals surface area (Å²) in [5.74, 6) is -1.91. The molecule has 32 heavy (non-hydrogen) atoms. The Balaban J connectivity index is 1.51. The molecule has 0 aliphatic carbocycles. The van der Waals surface area contributed by atoms with Crippen LogP contribution in [0.15, 0.2) is 48.5 Å². The Morgan fingerprint density at radius 1 is 1.06 bits per heavy atom. The molecule has 12 heteroatoms. The third-order valence-electron chi connectivity index (χ3n) is 4.50. The standard InChI is InChI=1S/C20H19F3N2O6S/c21-20(22,23)31-17-5-2-1-4-15(17)12-24-18(26)13-30-19(27)14-6-8-16(9-7-14)25-10-3-11-32(25,28)29/h1-2,4-9H,3,10-13H2,(H,24,26). The summed E-state index contributed by atoms with van der Waals surface area (Å²) < 4.78 is 71.3. The molecule has 0 radical (unpaired) electrons. The Labute approximate surface area is 182 Å². The second-order valence-electron chi connectivity index (χ2n) is 6.80. The van der Waals surface area contributed by atoms with Gasteiger partial charge in [-0.25, -0.2) is 13.2 Å². The van der Waals surface area contributed by atoms with Gasteiger partial charge < -0.3 is 14.8 Å². The molecule has 1 amide bonds. The van der Waals surface area contributed by atoms with E-state index in [-0.39, 0.29) is 23.4 Å². The number of anilines is 1. The van der Waals surface area contributed by atoms with Gasteiger partial charge >= 0.3 is 12.3 Å². The van der Waals surface area contributed by atoms with E-state index in [1.54, 1.807) is 0 Å². The summed E-state index contributed by atoms with van der Waals surface area (Å²) in [5.41, 5.74) is 0.635. The van der Waals surface area contributed by atoms with E-state index in [4.69, 9.17) is 4.74 Å². The van der Waals surface area contributed by atoms with Gasteiger partial charge in [-0.1, -0.05) is 18.2 Å². The normalized spacial score (nSPS) is 15.3. The van der Waals surface area contributed by atoms with Gasteiger partial charge in [0.1, 0.15) is 5.75 Å². The number of sulfonamides is 1. The first-order valence-corrected chi connectivity index (χ1v) is 11.0. The zero-order valence-electron chi connectivity index (χ0n) is 16.6. The number of carbonyl (C=O) groups is 2. The number of esters is 1. The maximum atomic E-state index is 12.4. The van der Waals surface area contributed by atoms with Gasteiger partial charge in [-0.15, -0.1) is 13.2 Å². The van der Waals surface area contributed by atoms with E-state index in [9.17, 15) is 31.2 Å². The van der Waals surface area contributed by atoms with Crippen LogP contribution in [0, 0.1) is 0 Å². The van der Waals surface area contributed by atoms with Crippen LogP contribution in [0.25, 0.3) is 0 Å². The largest absolute Gasteiger partial charge is 0.573 e. The first-order chi connectivity index (χ1) is 15.0. The molecule has 172 valence electrons. The highest BCUT2D eigenvalue weighted by atomic mass is 32.2. The number of hydrogen-bond acceptors (Lipinski definition) is 6. The van der Waals surface area contributed by atoms with E-state index in [0.717, 1.165) is 6.07 Å². The maximum Gasteiger partial charge on any atom is 0.573 e. The molecule has 2 aromatic rings. The predicted molar refractivity (Wildman–Crippen MR) is 107 cm³/mol.